The Labute approximate surface area is 171 Å². The first kappa shape index (κ1) is 21.4. The van der Waals surface area contributed by atoms with E-state index in [1.807, 2.05) is 6.92 Å². The van der Waals surface area contributed by atoms with Crippen molar-refractivity contribution in [2.24, 2.45) is 11.8 Å². The number of nitrogens with zero attached hydrogens (tertiary/aromatic N) is 2. The predicted molar refractivity (Wildman–Crippen MR) is 106 cm³/mol. The summed E-state index contributed by atoms with van der Waals surface area (Å²) in [5.74, 6) is -0.665. The molecule has 9 heteroatoms. The van der Waals surface area contributed by atoms with E-state index in [0.29, 0.717) is 12.1 Å². The maximum absolute atomic E-state index is 12.7. The number of carbonyl (C=O) groups is 2. The van der Waals surface area contributed by atoms with Gasteiger partial charge in [-0.3, -0.25) is 14.9 Å². The lowest BCUT2D eigenvalue weighted by molar-refractivity contribution is -0.639. The zero-order valence-corrected chi connectivity index (χ0v) is 17.5. The molecule has 0 bridgehead atoms. The fourth-order valence-electron chi connectivity index (χ4n) is 4.85. The first-order valence-corrected chi connectivity index (χ1v) is 10.4. The van der Waals surface area contributed by atoms with Crippen LogP contribution in [-0.2, 0) is 9.59 Å². The van der Waals surface area contributed by atoms with Crippen LogP contribution in [0.4, 0.5) is 0 Å². The molecule has 0 spiro atoms. The largest absolute Gasteiger partial charge is 0.349 e. The van der Waals surface area contributed by atoms with Crippen LogP contribution in [0, 0.1) is 28.1 Å². The fraction of sp³-hybridized carbons (Fsp3) is 0.750. The Bertz CT molecular complexity index is 773. The summed E-state index contributed by atoms with van der Waals surface area (Å²) in [4.78, 5) is 37.7. The normalized spacial score (nSPS) is 36.0. The number of carbonyl (C=O) groups excluding carboxylic acids is 2. The van der Waals surface area contributed by atoms with E-state index in [1.54, 1.807) is 13.8 Å². The average molecular weight is 404 g/mol. The standard InChI is InChI=1S/C20H30N6O3/c1-10-15(20(28)25-16-5-6-22-11(2)18(10)16)7-17(27)24-12(3)19-23-9-14(8-21)13(4)26(19)29/h11-14,16,18-19,22-23H,5-7,9H2,1-4H3,(H-,24,25,27,28)/p+1/t11?,12-,13?,14?,16?,18?,19?/m0/s1. The third kappa shape index (κ3) is 4.19. The van der Waals surface area contributed by atoms with Gasteiger partial charge in [0.2, 0.25) is 17.9 Å². The summed E-state index contributed by atoms with van der Waals surface area (Å²) in [6.07, 6.45) is 0.254. The van der Waals surface area contributed by atoms with Crippen LogP contribution in [-0.4, -0.2) is 60.0 Å². The molecule has 0 aromatic carbocycles. The van der Waals surface area contributed by atoms with E-state index in [4.69, 9.17) is 5.26 Å². The van der Waals surface area contributed by atoms with Crippen molar-refractivity contribution in [1.29, 1.82) is 5.26 Å². The molecule has 3 rings (SSSR count). The molecule has 0 aromatic rings. The second-order valence-corrected chi connectivity index (χ2v) is 8.52. The number of nitrogens with one attached hydrogen (secondary N) is 4. The van der Waals surface area contributed by atoms with Crippen LogP contribution in [0.2, 0.25) is 0 Å². The highest BCUT2D eigenvalue weighted by molar-refractivity contribution is 6.00. The van der Waals surface area contributed by atoms with E-state index >= 15 is 0 Å². The zero-order chi connectivity index (χ0) is 21.3. The summed E-state index contributed by atoms with van der Waals surface area (Å²) in [6.45, 7) is 8.80. The van der Waals surface area contributed by atoms with Crippen molar-refractivity contribution in [3.63, 3.8) is 0 Å². The van der Waals surface area contributed by atoms with Crippen LogP contribution in [0.25, 0.3) is 0 Å². The van der Waals surface area contributed by atoms with Gasteiger partial charge in [-0.05, 0) is 33.7 Å². The van der Waals surface area contributed by atoms with E-state index < -0.39 is 18.2 Å². The monoisotopic (exact) mass is 403 g/mol. The summed E-state index contributed by atoms with van der Waals surface area (Å²) >= 11 is 0. The van der Waals surface area contributed by atoms with E-state index in [1.165, 1.54) is 0 Å². The van der Waals surface area contributed by atoms with Gasteiger partial charge in [0.1, 0.15) is 12.0 Å². The molecule has 7 atom stereocenters. The quantitative estimate of drug-likeness (QED) is 0.487. The van der Waals surface area contributed by atoms with Crippen LogP contribution in [0.3, 0.4) is 0 Å². The fourth-order valence-corrected chi connectivity index (χ4v) is 4.85. The Morgan fingerprint density at radius 1 is 1.38 bits per heavy atom. The van der Waals surface area contributed by atoms with E-state index in [9.17, 15) is 14.5 Å². The van der Waals surface area contributed by atoms with E-state index in [0.717, 1.165) is 23.3 Å². The third-order valence-corrected chi connectivity index (χ3v) is 6.63. The maximum atomic E-state index is 12.7. The van der Waals surface area contributed by atoms with Gasteiger partial charge in [-0.1, -0.05) is 5.57 Å². The van der Waals surface area contributed by atoms with Crippen molar-refractivity contribution in [1.82, 2.24) is 21.3 Å². The molecule has 3 heterocycles. The predicted octanol–water partition coefficient (Wildman–Crippen LogP) is -0.0694. The highest BCUT2D eigenvalue weighted by Gasteiger charge is 2.45. The van der Waals surface area contributed by atoms with Crippen molar-refractivity contribution in [3.8, 4) is 6.07 Å². The van der Waals surface area contributed by atoms with Crippen LogP contribution in [0.15, 0.2) is 11.1 Å². The van der Waals surface area contributed by atoms with E-state index in [-0.39, 0.29) is 42.2 Å². The molecule has 2 fully saturated rings. The summed E-state index contributed by atoms with van der Waals surface area (Å²) < 4.78 is 0.847. The van der Waals surface area contributed by atoms with Gasteiger partial charge in [-0.15, -0.1) is 0 Å². The summed E-state index contributed by atoms with van der Waals surface area (Å²) in [5, 5.41) is 21.5. The molecule has 2 saturated heterocycles. The first-order valence-electron chi connectivity index (χ1n) is 10.4. The van der Waals surface area contributed by atoms with Crippen LogP contribution >= 0.6 is 0 Å². The van der Waals surface area contributed by atoms with Crippen molar-refractivity contribution in [3.05, 3.63) is 16.1 Å². The Hall–Kier alpha value is -2.31. The van der Waals surface area contributed by atoms with Gasteiger partial charge in [0.25, 0.3) is 6.17 Å². The molecule has 6 unspecified atom stereocenters. The third-order valence-electron chi connectivity index (χ3n) is 6.63. The van der Waals surface area contributed by atoms with Crippen molar-refractivity contribution in [2.45, 2.75) is 70.9 Å². The topological polar surface area (TPSA) is 126 Å². The number of nitroso groups, excluding NO2 is 1. The van der Waals surface area contributed by atoms with Gasteiger partial charge in [0.15, 0.2) is 0 Å². The summed E-state index contributed by atoms with van der Waals surface area (Å²) in [5.41, 5.74) is 1.48. The molecule has 29 heavy (non-hydrogen) atoms. The Morgan fingerprint density at radius 3 is 2.79 bits per heavy atom. The molecule has 0 aromatic heterocycles. The molecule has 3 aliphatic heterocycles. The number of piperidine rings is 1. The Balaban J connectivity index is 1.65. The Kier molecular flexibility index (Phi) is 6.34. The van der Waals surface area contributed by atoms with Gasteiger partial charge in [-0.2, -0.15) is 5.26 Å². The van der Waals surface area contributed by atoms with Gasteiger partial charge in [-0.25, -0.2) is 0 Å². The lowest BCUT2D eigenvalue weighted by Crippen LogP contribution is -2.61. The van der Waals surface area contributed by atoms with Gasteiger partial charge < -0.3 is 16.0 Å². The van der Waals surface area contributed by atoms with Crippen LogP contribution in [0.5, 0.6) is 0 Å². The second-order valence-electron chi connectivity index (χ2n) is 8.52. The van der Waals surface area contributed by atoms with Gasteiger partial charge in [0.05, 0.1) is 12.5 Å². The van der Waals surface area contributed by atoms with Crippen LogP contribution < -0.4 is 21.3 Å². The molecular formula is C20H31N6O3+. The number of nitriles is 1. The maximum Gasteiger partial charge on any atom is 0.274 e. The molecule has 4 N–H and O–H groups in total. The number of fused-ring (bicyclic) bond motifs is 1. The molecule has 158 valence electrons. The van der Waals surface area contributed by atoms with Crippen molar-refractivity contribution < 1.29 is 14.3 Å². The molecule has 9 nitrogen and oxygen atoms in total. The van der Waals surface area contributed by atoms with Crippen molar-refractivity contribution in [2.75, 3.05) is 13.1 Å². The highest BCUT2D eigenvalue weighted by atomic mass is 16.3. The number of hydrogen-bond donors (Lipinski definition) is 4. The average Bonchev–Trinajstić information content (AvgIpc) is 2.66. The SMILES string of the molecule is CC1=C(CC(=O)N[C@@H](C)C2NCC(C#N)C(C)[N+]2=O)C(=O)NC2CCNC(C)C12. The zero-order valence-electron chi connectivity index (χ0n) is 17.5. The Morgan fingerprint density at radius 2 is 2.10 bits per heavy atom. The molecule has 0 radical (unpaired) electrons. The van der Waals surface area contributed by atoms with Gasteiger partial charge >= 0.3 is 0 Å². The lowest BCUT2D eigenvalue weighted by atomic mass is 9.76. The molecular weight excluding hydrogens is 372 g/mol. The number of amides is 2. The smallest absolute Gasteiger partial charge is 0.274 e. The minimum absolute atomic E-state index is 0.0140. The molecule has 2 amide bonds. The van der Waals surface area contributed by atoms with Gasteiger partial charge in [0, 0.05) is 46.7 Å². The molecule has 0 aliphatic carbocycles. The van der Waals surface area contributed by atoms with E-state index in [2.05, 4.69) is 34.3 Å². The highest BCUT2D eigenvalue weighted by Crippen LogP contribution is 2.32. The lowest BCUT2D eigenvalue weighted by Gasteiger charge is -2.42. The van der Waals surface area contributed by atoms with Crippen LogP contribution in [0.1, 0.15) is 40.5 Å². The summed E-state index contributed by atoms with van der Waals surface area (Å²) in [6, 6.07) is 1.57. The molecule has 0 saturated carbocycles. The minimum Gasteiger partial charge on any atom is -0.349 e. The number of hydrogen-bond acceptors (Lipinski definition) is 6. The minimum atomic E-state index is -0.610. The second kappa shape index (κ2) is 8.59. The first-order chi connectivity index (χ1) is 13.7. The van der Waals surface area contributed by atoms with Crippen molar-refractivity contribution >= 4 is 11.8 Å². The number of rotatable bonds is 4. The molecule has 3 aliphatic rings. The summed E-state index contributed by atoms with van der Waals surface area (Å²) in [7, 11) is 0.